The second kappa shape index (κ2) is 10.7. The summed E-state index contributed by atoms with van der Waals surface area (Å²) in [4.78, 5) is 40.4. The van der Waals surface area contributed by atoms with Crippen LogP contribution in [0.25, 0.3) is 0 Å². The molecule has 1 heterocycles. The Hall–Kier alpha value is -2.70. The number of nitrogens with zero attached hydrogens (tertiary/aromatic N) is 2. The topological polar surface area (TPSA) is 109 Å². The third kappa shape index (κ3) is 7.00. The lowest BCUT2D eigenvalue weighted by atomic mass is 10.1. The number of hydrogen-bond acceptors (Lipinski definition) is 8. The van der Waals surface area contributed by atoms with Gasteiger partial charge in [-0.2, -0.15) is 5.26 Å². The molecule has 0 bridgehead atoms. The quantitative estimate of drug-likeness (QED) is 0.607. The second-order valence-electron chi connectivity index (χ2n) is 6.33. The lowest BCUT2D eigenvalue weighted by Gasteiger charge is -2.12. The van der Waals surface area contributed by atoms with Crippen LogP contribution in [0, 0.1) is 25.2 Å². The molecular formula is C20H21N3O4S2. The minimum atomic E-state index is -1.05. The first-order valence-electron chi connectivity index (χ1n) is 8.79. The van der Waals surface area contributed by atoms with Crippen molar-refractivity contribution in [1.82, 2.24) is 4.98 Å². The maximum Gasteiger partial charge on any atom is 0.319 e. The van der Waals surface area contributed by atoms with Gasteiger partial charge in [-0.1, -0.05) is 17.7 Å². The van der Waals surface area contributed by atoms with E-state index in [1.165, 1.54) is 11.3 Å². The predicted molar refractivity (Wildman–Crippen MR) is 113 cm³/mol. The van der Waals surface area contributed by atoms with E-state index in [4.69, 9.17) is 4.74 Å². The zero-order valence-corrected chi connectivity index (χ0v) is 17.9. The van der Waals surface area contributed by atoms with E-state index in [1.807, 2.05) is 25.1 Å². The molecule has 0 saturated heterocycles. The van der Waals surface area contributed by atoms with Crippen LogP contribution in [0.2, 0.25) is 0 Å². The molecule has 1 N–H and O–H groups in total. The zero-order chi connectivity index (χ0) is 21.4. The van der Waals surface area contributed by atoms with Crippen molar-refractivity contribution in [2.45, 2.75) is 31.9 Å². The number of thiazole rings is 1. The molecule has 0 aliphatic heterocycles. The third-order valence-corrected chi connectivity index (χ3v) is 5.97. The number of aromatic nitrogens is 1. The smallest absolute Gasteiger partial charge is 0.319 e. The Kier molecular flexibility index (Phi) is 8.36. The monoisotopic (exact) mass is 431 g/mol. The van der Waals surface area contributed by atoms with Crippen molar-refractivity contribution in [1.29, 1.82) is 5.26 Å². The zero-order valence-electron chi connectivity index (χ0n) is 16.3. The molecule has 2 rings (SSSR count). The molecule has 1 aromatic carbocycles. The fourth-order valence-electron chi connectivity index (χ4n) is 2.22. The van der Waals surface area contributed by atoms with Gasteiger partial charge in [0.2, 0.25) is 5.91 Å². The SMILES string of the molecule is Cc1ccc(NC(=O)CS[C@H](C)C(=O)OCC(=O)[C@H](C#N)c2nc(C)cs2)cc1. The number of nitriles is 1. The van der Waals surface area contributed by atoms with E-state index in [0.717, 1.165) is 23.0 Å². The maximum absolute atomic E-state index is 12.2. The van der Waals surface area contributed by atoms with Gasteiger partial charge in [0, 0.05) is 16.8 Å². The van der Waals surface area contributed by atoms with Crippen LogP contribution in [-0.2, 0) is 19.1 Å². The van der Waals surface area contributed by atoms with Gasteiger partial charge in [-0.15, -0.1) is 23.1 Å². The summed E-state index contributed by atoms with van der Waals surface area (Å²) in [6, 6.07) is 9.29. The summed E-state index contributed by atoms with van der Waals surface area (Å²) in [5.41, 5.74) is 2.50. The Morgan fingerprint density at radius 3 is 2.55 bits per heavy atom. The van der Waals surface area contributed by atoms with Crippen molar-refractivity contribution in [2.75, 3.05) is 17.7 Å². The highest BCUT2D eigenvalue weighted by atomic mass is 32.2. The molecule has 7 nitrogen and oxygen atoms in total. The molecule has 0 saturated carbocycles. The number of ketones is 1. The fourth-order valence-corrected chi connectivity index (χ4v) is 3.75. The molecule has 0 fully saturated rings. The van der Waals surface area contributed by atoms with Crippen LogP contribution in [0.3, 0.4) is 0 Å². The minimum absolute atomic E-state index is 0.0668. The average Bonchev–Trinajstić information content (AvgIpc) is 3.12. The van der Waals surface area contributed by atoms with Gasteiger partial charge in [0.25, 0.3) is 0 Å². The Bertz CT molecular complexity index is 919. The number of ether oxygens (including phenoxy) is 1. The molecule has 0 aliphatic rings. The predicted octanol–water partition coefficient (Wildman–Crippen LogP) is 3.24. The summed E-state index contributed by atoms with van der Waals surface area (Å²) >= 11 is 2.33. The molecule has 0 radical (unpaired) electrons. The third-order valence-electron chi connectivity index (χ3n) is 3.82. The molecule has 0 unspecified atom stereocenters. The molecule has 2 atom stereocenters. The lowest BCUT2D eigenvalue weighted by molar-refractivity contribution is -0.147. The van der Waals surface area contributed by atoms with Crippen LogP contribution in [0.1, 0.15) is 29.1 Å². The van der Waals surface area contributed by atoms with Crippen molar-refractivity contribution in [2.24, 2.45) is 0 Å². The molecule has 152 valence electrons. The summed E-state index contributed by atoms with van der Waals surface area (Å²) in [6.07, 6.45) is 0. The van der Waals surface area contributed by atoms with Crippen LogP contribution in [-0.4, -0.2) is 40.3 Å². The highest BCUT2D eigenvalue weighted by molar-refractivity contribution is 8.01. The molecule has 0 spiro atoms. The molecular weight excluding hydrogens is 410 g/mol. The first kappa shape index (κ1) is 22.6. The largest absolute Gasteiger partial charge is 0.457 e. The number of hydrogen-bond donors (Lipinski definition) is 1. The molecule has 1 aromatic heterocycles. The Labute approximate surface area is 177 Å². The van der Waals surface area contributed by atoms with Crippen molar-refractivity contribution < 1.29 is 19.1 Å². The van der Waals surface area contributed by atoms with E-state index >= 15 is 0 Å². The maximum atomic E-state index is 12.2. The van der Waals surface area contributed by atoms with E-state index in [1.54, 1.807) is 31.4 Å². The fraction of sp³-hybridized carbons (Fsp3) is 0.350. The van der Waals surface area contributed by atoms with Crippen LogP contribution >= 0.6 is 23.1 Å². The van der Waals surface area contributed by atoms with Gasteiger partial charge in [0.1, 0.15) is 10.3 Å². The highest BCUT2D eigenvalue weighted by Crippen LogP contribution is 2.21. The molecule has 2 aromatic rings. The summed E-state index contributed by atoms with van der Waals surface area (Å²) < 4.78 is 5.03. The van der Waals surface area contributed by atoms with E-state index < -0.39 is 29.5 Å². The van der Waals surface area contributed by atoms with Crippen molar-refractivity contribution in [3.05, 3.63) is 45.9 Å². The van der Waals surface area contributed by atoms with Gasteiger partial charge < -0.3 is 10.1 Å². The number of thioether (sulfide) groups is 1. The number of aryl methyl sites for hydroxylation is 2. The molecule has 9 heteroatoms. The van der Waals surface area contributed by atoms with Crippen LogP contribution in [0.4, 0.5) is 5.69 Å². The van der Waals surface area contributed by atoms with E-state index in [-0.39, 0.29) is 11.7 Å². The highest BCUT2D eigenvalue weighted by Gasteiger charge is 2.25. The number of esters is 1. The number of amides is 1. The summed E-state index contributed by atoms with van der Waals surface area (Å²) in [5, 5.41) is 13.5. The molecule has 0 aliphatic carbocycles. The Morgan fingerprint density at radius 2 is 1.97 bits per heavy atom. The number of Topliss-reactive ketones (excluding diaryl/α,β-unsaturated/α-hetero) is 1. The first-order chi connectivity index (χ1) is 13.8. The van der Waals surface area contributed by atoms with Gasteiger partial charge >= 0.3 is 5.97 Å². The normalized spacial score (nSPS) is 12.5. The van der Waals surface area contributed by atoms with Gasteiger partial charge in [0.15, 0.2) is 18.3 Å². The Morgan fingerprint density at radius 1 is 1.28 bits per heavy atom. The van der Waals surface area contributed by atoms with Crippen LogP contribution in [0.5, 0.6) is 0 Å². The standard InChI is InChI=1S/C20H21N3O4S2/c1-12-4-6-15(7-5-12)23-18(25)11-28-14(3)20(26)27-9-17(24)16(8-21)19-22-13(2)10-29-19/h4-7,10,14,16H,9,11H2,1-3H3,(H,23,25)/t14-,16+/m1/s1. The first-order valence-corrected chi connectivity index (χ1v) is 10.7. The van der Waals surface area contributed by atoms with E-state index in [2.05, 4.69) is 10.3 Å². The van der Waals surface area contributed by atoms with Gasteiger partial charge in [-0.3, -0.25) is 14.4 Å². The van der Waals surface area contributed by atoms with E-state index in [9.17, 15) is 19.6 Å². The van der Waals surface area contributed by atoms with Gasteiger partial charge in [0.05, 0.1) is 11.8 Å². The number of rotatable bonds is 9. The molecule has 29 heavy (non-hydrogen) atoms. The number of benzene rings is 1. The van der Waals surface area contributed by atoms with Gasteiger partial charge in [-0.25, -0.2) is 4.98 Å². The van der Waals surface area contributed by atoms with Crippen molar-refractivity contribution in [3.63, 3.8) is 0 Å². The summed E-state index contributed by atoms with van der Waals surface area (Å²) in [6.45, 7) is 4.82. The van der Waals surface area contributed by atoms with Gasteiger partial charge in [-0.05, 0) is 32.9 Å². The van der Waals surface area contributed by atoms with Crippen LogP contribution in [0.15, 0.2) is 29.6 Å². The second-order valence-corrected chi connectivity index (χ2v) is 8.55. The lowest BCUT2D eigenvalue weighted by Crippen LogP contribution is -2.25. The summed E-state index contributed by atoms with van der Waals surface area (Å²) in [7, 11) is 0. The number of carbonyl (C=O) groups excluding carboxylic acids is 3. The Balaban J connectivity index is 1.76. The van der Waals surface area contributed by atoms with Crippen molar-refractivity contribution >= 4 is 46.4 Å². The van der Waals surface area contributed by atoms with Crippen LogP contribution < -0.4 is 5.32 Å². The average molecular weight is 432 g/mol. The summed E-state index contributed by atoms with van der Waals surface area (Å²) in [5.74, 6) is -2.36. The molecule has 1 amide bonds. The number of anilines is 1. The van der Waals surface area contributed by atoms with Crippen molar-refractivity contribution in [3.8, 4) is 6.07 Å². The number of nitrogens with one attached hydrogen (secondary N) is 1. The number of carbonyl (C=O) groups is 3. The minimum Gasteiger partial charge on any atom is -0.457 e. The van der Waals surface area contributed by atoms with E-state index in [0.29, 0.717) is 10.7 Å².